The number of allylic oxidation sites excluding steroid dienone is 1. The molecule has 2 N–H and O–H groups in total. The maximum absolute atomic E-state index is 12.6. The Balaban J connectivity index is 2.13. The number of H-pyrrole nitrogens is 1. The van der Waals surface area contributed by atoms with E-state index in [0.717, 1.165) is 4.57 Å². The van der Waals surface area contributed by atoms with Crippen molar-refractivity contribution in [2.24, 2.45) is 5.10 Å². The Morgan fingerprint density at radius 1 is 1.35 bits per heavy atom. The average molecular weight is 428 g/mol. The number of amides is 1. The number of benzene rings is 1. The van der Waals surface area contributed by atoms with Crippen LogP contribution in [0, 0.1) is 0 Å². The van der Waals surface area contributed by atoms with Crippen molar-refractivity contribution in [3.05, 3.63) is 62.8 Å². The number of hydrazone groups is 1. The van der Waals surface area contributed by atoms with E-state index in [1.807, 2.05) is 0 Å². The van der Waals surface area contributed by atoms with Gasteiger partial charge >= 0.3 is 5.69 Å². The third-order valence-electron chi connectivity index (χ3n) is 5.04. The monoisotopic (exact) mass is 428 g/mol. The van der Waals surface area contributed by atoms with E-state index in [1.54, 1.807) is 25.1 Å². The average Bonchev–Trinajstić information content (AvgIpc) is 3.19. The van der Waals surface area contributed by atoms with Gasteiger partial charge in [0.15, 0.2) is 0 Å². The van der Waals surface area contributed by atoms with Gasteiger partial charge in [0.05, 0.1) is 26.0 Å². The molecule has 0 radical (unpaired) electrons. The highest BCUT2D eigenvalue weighted by molar-refractivity contribution is 6.04. The SMILES string of the molecule is C=CCn1c(O)c(C2=NN(C(=O)CC)[C@H](c3ccc(OC)cc3OC)C2)c(=O)[nH]c1=O. The lowest BCUT2D eigenvalue weighted by Crippen LogP contribution is -2.33. The van der Waals surface area contributed by atoms with Crippen molar-refractivity contribution in [3.63, 3.8) is 0 Å². The Morgan fingerprint density at radius 2 is 2.10 bits per heavy atom. The van der Waals surface area contributed by atoms with Crippen molar-refractivity contribution >= 4 is 11.6 Å². The highest BCUT2D eigenvalue weighted by Crippen LogP contribution is 2.39. The minimum Gasteiger partial charge on any atom is -0.497 e. The van der Waals surface area contributed by atoms with Gasteiger partial charge in [0, 0.05) is 31.0 Å². The number of nitrogens with zero attached hydrogens (tertiary/aromatic N) is 3. The van der Waals surface area contributed by atoms with Gasteiger partial charge in [-0.1, -0.05) is 13.0 Å². The van der Waals surface area contributed by atoms with Gasteiger partial charge in [-0.15, -0.1) is 6.58 Å². The van der Waals surface area contributed by atoms with Gasteiger partial charge in [0.1, 0.15) is 17.1 Å². The first-order valence-electron chi connectivity index (χ1n) is 9.65. The van der Waals surface area contributed by atoms with Crippen LogP contribution in [0.5, 0.6) is 17.4 Å². The van der Waals surface area contributed by atoms with Gasteiger partial charge in [0.2, 0.25) is 11.8 Å². The molecule has 3 rings (SSSR count). The summed E-state index contributed by atoms with van der Waals surface area (Å²) in [6.07, 6.45) is 1.74. The molecule has 1 amide bonds. The van der Waals surface area contributed by atoms with Crippen molar-refractivity contribution in [2.75, 3.05) is 14.2 Å². The summed E-state index contributed by atoms with van der Waals surface area (Å²) in [7, 11) is 3.04. The number of aromatic amines is 1. The van der Waals surface area contributed by atoms with Crippen molar-refractivity contribution in [3.8, 4) is 17.4 Å². The van der Waals surface area contributed by atoms with Crippen LogP contribution in [0.25, 0.3) is 0 Å². The molecule has 1 aliphatic rings. The molecule has 1 aromatic carbocycles. The summed E-state index contributed by atoms with van der Waals surface area (Å²) < 4.78 is 11.7. The van der Waals surface area contributed by atoms with Gasteiger partial charge < -0.3 is 14.6 Å². The largest absolute Gasteiger partial charge is 0.497 e. The molecule has 1 atom stereocenters. The minimum atomic E-state index is -0.784. The molecule has 2 aromatic rings. The first kappa shape index (κ1) is 21.9. The molecule has 0 spiro atoms. The summed E-state index contributed by atoms with van der Waals surface area (Å²) in [4.78, 5) is 39.4. The number of hydrogen-bond acceptors (Lipinski definition) is 7. The predicted molar refractivity (Wildman–Crippen MR) is 114 cm³/mol. The summed E-state index contributed by atoms with van der Waals surface area (Å²) >= 11 is 0. The summed E-state index contributed by atoms with van der Waals surface area (Å²) in [5.74, 6) is 0.273. The van der Waals surface area contributed by atoms with Gasteiger partial charge in [-0.25, -0.2) is 9.80 Å². The fraction of sp³-hybridized carbons (Fsp3) is 0.333. The van der Waals surface area contributed by atoms with E-state index < -0.39 is 23.2 Å². The molecule has 164 valence electrons. The molecule has 31 heavy (non-hydrogen) atoms. The quantitative estimate of drug-likeness (QED) is 0.644. The third-order valence-corrected chi connectivity index (χ3v) is 5.04. The second kappa shape index (κ2) is 8.90. The number of carbonyl (C=O) groups is 1. The highest BCUT2D eigenvalue weighted by Gasteiger charge is 2.36. The molecule has 0 unspecified atom stereocenters. The van der Waals surface area contributed by atoms with E-state index >= 15 is 0 Å². The lowest BCUT2D eigenvalue weighted by Gasteiger charge is -2.23. The standard InChI is InChI=1S/C21H24N4O6/c1-5-9-24-20(28)18(19(27)22-21(24)29)14-11-15(25(23-14)17(26)6-2)13-8-7-12(30-3)10-16(13)31-4/h5,7-8,10,15,28H,1,6,9,11H2,2-4H3,(H,22,27,29)/t15-/m0/s1. The fourth-order valence-corrected chi connectivity index (χ4v) is 3.51. The van der Waals surface area contributed by atoms with Crippen LogP contribution in [0.4, 0.5) is 0 Å². The number of aromatic hydroxyl groups is 1. The van der Waals surface area contributed by atoms with Gasteiger partial charge in [-0.3, -0.25) is 19.1 Å². The van der Waals surface area contributed by atoms with Gasteiger partial charge in [-0.2, -0.15) is 5.10 Å². The zero-order valence-corrected chi connectivity index (χ0v) is 17.5. The molecule has 0 bridgehead atoms. The number of carbonyl (C=O) groups excluding carboxylic acids is 1. The summed E-state index contributed by atoms with van der Waals surface area (Å²) in [6, 6.07) is 4.62. The lowest BCUT2D eigenvalue weighted by molar-refractivity contribution is -0.132. The fourth-order valence-electron chi connectivity index (χ4n) is 3.51. The van der Waals surface area contributed by atoms with Crippen LogP contribution >= 0.6 is 0 Å². The number of ether oxygens (including phenoxy) is 2. The molecular weight excluding hydrogens is 404 g/mol. The Bertz CT molecular complexity index is 1160. The molecule has 0 saturated carbocycles. The van der Waals surface area contributed by atoms with Gasteiger partial charge in [-0.05, 0) is 12.1 Å². The second-order valence-electron chi connectivity index (χ2n) is 6.82. The second-order valence-corrected chi connectivity index (χ2v) is 6.82. The molecule has 0 fully saturated rings. The Labute approximate surface area is 178 Å². The Kier molecular flexibility index (Phi) is 6.28. The smallest absolute Gasteiger partial charge is 0.331 e. The van der Waals surface area contributed by atoms with E-state index in [1.165, 1.54) is 25.3 Å². The van der Waals surface area contributed by atoms with E-state index in [0.29, 0.717) is 17.1 Å². The molecule has 2 heterocycles. The molecule has 0 aliphatic carbocycles. The van der Waals surface area contributed by atoms with E-state index in [2.05, 4.69) is 16.7 Å². The molecule has 10 heteroatoms. The van der Waals surface area contributed by atoms with Crippen LogP contribution in [0.15, 0.2) is 45.5 Å². The normalized spacial score (nSPS) is 15.5. The topological polar surface area (TPSA) is 126 Å². The number of nitrogens with one attached hydrogen (secondary N) is 1. The number of aromatic nitrogens is 2. The van der Waals surface area contributed by atoms with E-state index in [-0.39, 0.29) is 36.6 Å². The number of hydrogen-bond donors (Lipinski definition) is 2. The summed E-state index contributed by atoms with van der Waals surface area (Å²) in [5.41, 5.74) is -0.863. The van der Waals surface area contributed by atoms with Gasteiger partial charge in [0.25, 0.3) is 5.56 Å². The van der Waals surface area contributed by atoms with Crippen molar-refractivity contribution in [1.82, 2.24) is 14.6 Å². The highest BCUT2D eigenvalue weighted by atomic mass is 16.5. The summed E-state index contributed by atoms with van der Waals surface area (Å²) in [5, 5.41) is 16.2. The van der Waals surface area contributed by atoms with Crippen molar-refractivity contribution in [2.45, 2.75) is 32.4 Å². The maximum atomic E-state index is 12.6. The lowest BCUT2D eigenvalue weighted by atomic mass is 9.98. The first-order valence-corrected chi connectivity index (χ1v) is 9.65. The van der Waals surface area contributed by atoms with E-state index in [4.69, 9.17) is 9.47 Å². The van der Waals surface area contributed by atoms with Crippen molar-refractivity contribution in [1.29, 1.82) is 0 Å². The van der Waals surface area contributed by atoms with Crippen LogP contribution in [0.1, 0.15) is 36.9 Å². The van der Waals surface area contributed by atoms with Crippen LogP contribution < -0.4 is 20.7 Å². The molecular formula is C21H24N4O6. The predicted octanol–water partition coefficient (Wildman–Crippen LogP) is 1.53. The Hall–Kier alpha value is -3.82. The van der Waals surface area contributed by atoms with Crippen LogP contribution in [0.3, 0.4) is 0 Å². The Morgan fingerprint density at radius 3 is 2.71 bits per heavy atom. The zero-order valence-electron chi connectivity index (χ0n) is 17.5. The minimum absolute atomic E-state index is 0.00490. The molecule has 10 nitrogen and oxygen atoms in total. The number of methoxy groups -OCH3 is 2. The molecule has 0 saturated heterocycles. The van der Waals surface area contributed by atoms with Crippen LogP contribution in [0.2, 0.25) is 0 Å². The first-order chi connectivity index (χ1) is 14.9. The molecule has 1 aliphatic heterocycles. The van der Waals surface area contributed by atoms with Crippen LogP contribution in [-0.4, -0.2) is 45.5 Å². The van der Waals surface area contributed by atoms with E-state index in [9.17, 15) is 19.5 Å². The zero-order chi connectivity index (χ0) is 22.7. The summed E-state index contributed by atoms with van der Waals surface area (Å²) in [6.45, 7) is 5.25. The van der Waals surface area contributed by atoms with Crippen molar-refractivity contribution < 1.29 is 19.4 Å². The number of rotatable bonds is 7. The molecule has 1 aromatic heterocycles. The third kappa shape index (κ3) is 3.96. The maximum Gasteiger partial charge on any atom is 0.331 e. The van der Waals surface area contributed by atoms with Crippen LogP contribution in [-0.2, 0) is 11.3 Å².